The molecule has 0 radical (unpaired) electrons. The first-order chi connectivity index (χ1) is 10.6. The molecule has 3 aromatic rings. The smallest absolute Gasteiger partial charge is 0.226 e. The number of benzene rings is 1. The summed E-state index contributed by atoms with van der Waals surface area (Å²) in [5.41, 5.74) is 7.94. The zero-order valence-corrected chi connectivity index (χ0v) is 13.4. The average molecular weight is 314 g/mol. The first-order valence-corrected chi connectivity index (χ1v) is 8.00. The number of hydrogen-bond donors (Lipinski definition) is 2. The highest BCUT2D eigenvalue weighted by Crippen LogP contribution is 2.20. The molecule has 0 bridgehead atoms. The monoisotopic (exact) mass is 314 g/mol. The second-order valence-corrected chi connectivity index (χ2v) is 6.19. The third-order valence-electron chi connectivity index (χ3n) is 3.30. The zero-order chi connectivity index (χ0) is 15.5. The normalized spacial score (nSPS) is 11.0. The van der Waals surface area contributed by atoms with Crippen molar-refractivity contribution < 1.29 is 0 Å². The summed E-state index contributed by atoms with van der Waals surface area (Å²) in [6.45, 7) is 2.85. The molecule has 0 amide bonds. The summed E-state index contributed by atoms with van der Waals surface area (Å²) < 4.78 is 1.69. The molecular formula is C15H18N6S. The van der Waals surface area contributed by atoms with Gasteiger partial charge in [0.05, 0.1) is 11.6 Å². The third-order valence-corrected chi connectivity index (χ3v) is 4.31. The van der Waals surface area contributed by atoms with Crippen molar-refractivity contribution in [3.63, 3.8) is 0 Å². The maximum atomic E-state index is 5.93. The van der Waals surface area contributed by atoms with Gasteiger partial charge in [0, 0.05) is 24.2 Å². The Balaban J connectivity index is 1.59. The van der Waals surface area contributed by atoms with Crippen molar-refractivity contribution in [3.05, 3.63) is 36.0 Å². The number of hydrogen-bond acceptors (Lipinski definition) is 6. The summed E-state index contributed by atoms with van der Waals surface area (Å²) in [5.74, 6) is 1.92. The highest BCUT2D eigenvalue weighted by molar-refractivity contribution is 7.99. The number of aromatic nitrogens is 4. The zero-order valence-electron chi connectivity index (χ0n) is 12.6. The molecule has 3 rings (SSSR count). The molecule has 2 aromatic heterocycles. The van der Waals surface area contributed by atoms with Crippen LogP contribution >= 0.6 is 11.8 Å². The van der Waals surface area contributed by atoms with E-state index in [0.717, 1.165) is 23.3 Å². The van der Waals surface area contributed by atoms with E-state index < -0.39 is 0 Å². The molecule has 2 heterocycles. The van der Waals surface area contributed by atoms with Crippen LogP contribution in [0.25, 0.3) is 11.0 Å². The standard InChI is InChI=1S/C15H18N6S/c1-10-3-5-11(6-4-10)22-8-7-17-15-19-13(16)12-9-18-21(2)14(12)20-15/h3-6,9H,7-8H2,1-2H3,(H3,16,17,19,20). The molecule has 114 valence electrons. The number of nitrogen functional groups attached to an aromatic ring is 1. The van der Waals surface area contributed by atoms with E-state index in [-0.39, 0.29) is 0 Å². The first kappa shape index (κ1) is 14.6. The lowest BCUT2D eigenvalue weighted by molar-refractivity contribution is 0.785. The average Bonchev–Trinajstić information content (AvgIpc) is 2.88. The summed E-state index contributed by atoms with van der Waals surface area (Å²) in [6.07, 6.45) is 1.68. The van der Waals surface area contributed by atoms with E-state index in [1.807, 2.05) is 7.05 Å². The summed E-state index contributed by atoms with van der Waals surface area (Å²) in [4.78, 5) is 9.96. The van der Waals surface area contributed by atoms with E-state index in [4.69, 9.17) is 5.73 Å². The van der Waals surface area contributed by atoms with E-state index >= 15 is 0 Å². The van der Waals surface area contributed by atoms with E-state index in [0.29, 0.717) is 11.8 Å². The van der Waals surface area contributed by atoms with Crippen molar-refractivity contribution in [1.82, 2.24) is 19.7 Å². The van der Waals surface area contributed by atoms with Crippen LogP contribution in [0.15, 0.2) is 35.4 Å². The number of fused-ring (bicyclic) bond motifs is 1. The van der Waals surface area contributed by atoms with Gasteiger partial charge in [0.1, 0.15) is 5.82 Å². The van der Waals surface area contributed by atoms with E-state index in [2.05, 4.69) is 51.6 Å². The highest BCUT2D eigenvalue weighted by Gasteiger charge is 2.08. The van der Waals surface area contributed by atoms with E-state index in [1.54, 1.807) is 22.6 Å². The second kappa shape index (κ2) is 6.23. The van der Waals surface area contributed by atoms with Crippen LogP contribution in [0.1, 0.15) is 5.56 Å². The number of nitrogens with two attached hydrogens (primary N) is 1. The van der Waals surface area contributed by atoms with Crippen LogP contribution in [0.5, 0.6) is 0 Å². The largest absolute Gasteiger partial charge is 0.383 e. The minimum Gasteiger partial charge on any atom is -0.383 e. The molecule has 0 aliphatic rings. The lowest BCUT2D eigenvalue weighted by Crippen LogP contribution is -2.09. The topological polar surface area (TPSA) is 81.6 Å². The van der Waals surface area contributed by atoms with Crippen LogP contribution in [0.3, 0.4) is 0 Å². The van der Waals surface area contributed by atoms with Crippen molar-refractivity contribution in [3.8, 4) is 0 Å². The van der Waals surface area contributed by atoms with Gasteiger partial charge < -0.3 is 11.1 Å². The SMILES string of the molecule is Cc1ccc(SCCNc2nc(N)c3cnn(C)c3n2)cc1. The predicted molar refractivity (Wildman–Crippen MR) is 91.1 cm³/mol. The van der Waals surface area contributed by atoms with Crippen molar-refractivity contribution >= 4 is 34.6 Å². The molecule has 7 heteroatoms. The molecule has 1 aromatic carbocycles. The van der Waals surface area contributed by atoms with Gasteiger partial charge in [0.15, 0.2) is 5.65 Å². The van der Waals surface area contributed by atoms with Gasteiger partial charge in [-0.15, -0.1) is 11.8 Å². The Morgan fingerprint density at radius 3 is 2.77 bits per heavy atom. The van der Waals surface area contributed by atoms with Crippen molar-refractivity contribution in [2.45, 2.75) is 11.8 Å². The minimum atomic E-state index is 0.451. The Hall–Kier alpha value is -2.28. The van der Waals surface area contributed by atoms with Crippen molar-refractivity contribution in [2.24, 2.45) is 7.05 Å². The van der Waals surface area contributed by atoms with Gasteiger partial charge in [-0.2, -0.15) is 15.1 Å². The molecular weight excluding hydrogens is 296 g/mol. The van der Waals surface area contributed by atoms with E-state index in [1.165, 1.54) is 10.5 Å². The lowest BCUT2D eigenvalue weighted by Gasteiger charge is -2.06. The van der Waals surface area contributed by atoms with E-state index in [9.17, 15) is 0 Å². The molecule has 0 saturated carbocycles. The third kappa shape index (κ3) is 3.14. The molecule has 6 nitrogen and oxygen atoms in total. The number of thioether (sulfide) groups is 1. The fourth-order valence-corrected chi connectivity index (χ4v) is 2.86. The fraction of sp³-hybridized carbons (Fsp3) is 0.267. The Morgan fingerprint density at radius 1 is 1.23 bits per heavy atom. The minimum absolute atomic E-state index is 0.451. The molecule has 0 unspecified atom stereocenters. The van der Waals surface area contributed by atoms with Crippen LogP contribution in [0, 0.1) is 6.92 Å². The van der Waals surface area contributed by atoms with Gasteiger partial charge in [-0.1, -0.05) is 17.7 Å². The van der Waals surface area contributed by atoms with Gasteiger partial charge in [-0.05, 0) is 19.1 Å². The van der Waals surface area contributed by atoms with Gasteiger partial charge in [-0.25, -0.2) is 0 Å². The van der Waals surface area contributed by atoms with Gasteiger partial charge >= 0.3 is 0 Å². The van der Waals surface area contributed by atoms with Crippen LogP contribution in [-0.4, -0.2) is 32.0 Å². The van der Waals surface area contributed by atoms with Gasteiger partial charge in [0.2, 0.25) is 5.95 Å². The number of nitrogens with zero attached hydrogens (tertiary/aromatic N) is 4. The van der Waals surface area contributed by atoms with Crippen LogP contribution in [-0.2, 0) is 7.05 Å². The number of rotatable bonds is 5. The summed E-state index contributed by atoms with van der Waals surface area (Å²) in [5, 5.41) is 8.13. The molecule has 0 fully saturated rings. The van der Waals surface area contributed by atoms with Gasteiger partial charge in [0.25, 0.3) is 0 Å². The molecule has 0 spiro atoms. The highest BCUT2D eigenvalue weighted by atomic mass is 32.2. The Bertz CT molecular complexity index is 781. The predicted octanol–water partition coefficient (Wildman–Crippen LogP) is 2.46. The van der Waals surface area contributed by atoms with Gasteiger partial charge in [-0.3, -0.25) is 4.68 Å². The van der Waals surface area contributed by atoms with Crippen molar-refractivity contribution in [2.75, 3.05) is 23.3 Å². The quantitative estimate of drug-likeness (QED) is 0.556. The lowest BCUT2D eigenvalue weighted by atomic mass is 10.2. The molecule has 0 saturated heterocycles. The maximum absolute atomic E-state index is 5.93. The first-order valence-electron chi connectivity index (χ1n) is 7.02. The summed E-state index contributed by atoms with van der Waals surface area (Å²) in [7, 11) is 1.84. The fourth-order valence-electron chi connectivity index (χ4n) is 2.09. The molecule has 0 atom stereocenters. The Labute approximate surface area is 133 Å². The van der Waals surface area contributed by atoms with Crippen LogP contribution < -0.4 is 11.1 Å². The summed E-state index contributed by atoms with van der Waals surface area (Å²) in [6, 6.07) is 8.51. The van der Waals surface area contributed by atoms with Crippen LogP contribution in [0.4, 0.5) is 11.8 Å². The molecule has 0 aliphatic carbocycles. The second-order valence-electron chi connectivity index (χ2n) is 5.03. The van der Waals surface area contributed by atoms with Crippen LogP contribution in [0.2, 0.25) is 0 Å². The molecule has 22 heavy (non-hydrogen) atoms. The van der Waals surface area contributed by atoms with Crippen molar-refractivity contribution in [1.29, 1.82) is 0 Å². The Morgan fingerprint density at radius 2 is 2.00 bits per heavy atom. The number of nitrogens with one attached hydrogen (secondary N) is 1. The Kier molecular flexibility index (Phi) is 4.15. The summed E-state index contributed by atoms with van der Waals surface area (Å²) >= 11 is 1.79. The molecule has 0 aliphatic heterocycles. The molecule has 3 N–H and O–H groups in total. The number of anilines is 2. The number of aryl methyl sites for hydroxylation is 2. The maximum Gasteiger partial charge on any atom is 0.226 e.